The minimum atomic E-state index is -4.94. The number of nitrogens with one attached hydrogen (secondary N) is 1. The third kappa shape index (κ3) is 7.18. The quantitative estimate of drug-likeness (QED) is 0.200. The van der Waals surface area contributed by atoms with Crippen molar-refractivity contribution in [1.82, 2.24) is 30.5 Å². The molecule has 0 atom stereocenters. The van der Waals surface area contributed by atoms with Gasteiger partial charge in [0.2, 0.25) is 0 Å². The minimum Gasteiger partial charge on any atom is -0.356 e. The second-order valence-corrected chi connectivity index (χ2v) is 10.7. The third-order valence-corrected chi connectivity index (χ3v) is 7.62. The van der Waals surface area contributed by atoms with Gasteiger partial charge in [0.1, 0.15) is 5.82 Å². The second kappa shape index (κ2) is 12.2. The highest BCUT2D eigenvalue weighted by Gasteiger charge is 2.37. The molecule has 1 N–H and O–H groups in total. The Labute approximate surface area is 238 Å². The van der Waals surface area contributed by atoms with E-state index in [2.05, 4.69) is 25.5 Å². The Hall–Kier alpha value is -3.74. The number of tetrazole rings is 1. The first-order valence-corrected chi connectivity index (χ1v) is 13.9. The van der Waals surface area contributed by atoms with Crippen molar-refractivity contribution in [3.8, 4) is 0 Å². The molecule has 1 aliphatic rings. The maximum atomic E-state index is 13.6. The number of para-hydroxylation sites is 1. The van der Waals surface area contributed by atoms with Crippen LogP contribution in [0.5, 0.6) is 0 Å². The molecule has 0 radical (unpaired) electrons. The van der Waals surface area contributed by atoms with Crippen LogP contribution < -0.4 is 4.90 Å². The van der Waals surface area contributed by atoms with Crippen molar-refractivity contribution in [3.05, 3.63) is 76.6 Å². The Balaban J connectivity index is 1.54. The molecule has 42 heavy (non-hydrogen) atoms. The van der Waals surface area contributed by atoms with Crippen LogP contribution in [0.25, 0.3) is 10.9 Å². The largest absolute Gasteiger partial charge is 0.416 e. The van der Waals surface area contributed by atoms with Gasteiger partial charge in [-0.05, 0) is 61.6 Å². The zero-order valence-electron chi connectivity index (χ0n) is 23.0. The van der Waals surface area contributed by atoms with Crippen LogP contribution in [-0.4, -0.2) is 43.6 Å². The zero-order valence-corrected chi connectivity index (χ0v) is 23.0. The summed E-state index contributed by atoms with van der Waals surface area (Å²) in [5, 5.41) is 14.7. The van der Waals surface area contributed by atoms with Gasteiger partial charge in [0, 0.05) is 37.1 Å². The molecule has 0 aliphatic heterocycles. The number of benzene rings is 2. The van der Waals surface area contributed by atoms with E-state index in [9.17, 15) is 26.3 Å². The van der Waals surface area contributed by atoms with Gasteiger partial charge >= 0.3 is 12.4 Å². The standard InChI is InChI=1S/C29H31F6N7/c1-2-42(16-19-7-3-4-8-19)27-22(13-21-9-5-6-10-25(21)36-27)17-41(18-26-37-39-40-38-26)15-20-11-23(28(30,31)32)14-24(12-20)29(33,34)35/h5-6,9-14,19H,2-4,7-8,15-18H2,1H3,(H,37,38,39,40). The molecule has 7 nitrogen and oxygen atoms in total. The SMILES string of the molecule is CCN(CC1CCCC1)c1nc2ccccc2cc1CN(Cc1cc(C(F)(F)F)cc(C(F)(F)F)c1)Cc1nn[nH]n1. The smallest absolute Gasteiger partial charge is 0.356 e. The number of H-pyrrole nitrogens is 1. The van der Waals surface area contributed by atoms with Crippen LogP contribution in [0.3, 0.4) is 0 Å². The highest BCUT2D eigenvalue weighted by molar-refractivity contribution is 5.81. The first kappa shape index (κ1) is 29.7. The van der Waals surface area contributed by atoms with Crippen LogP contribution in [0.1, 0.15) is 60.7 Å². The number of aromatic amines is 1. The Kier molecular flexibility index (Phi) is 8.67. The molecule has 0 bridgehead atoms. The van der Waals surface area contributed by atoms with Gasteiger partial charge in [-0.25, -0.2) is 4.98 Å². The summed E-state index contributed by atoms with van der Waals surface area (Å²) < 4.78 is 81.6. The Morgan fingerprint density at radius 3 is 2.19 bits per heavy atom. The van der Waals surface area contributed by atoms with Crippen molar-refractivity contribution in [1.29, 1.82) is 0 Å². The lowest BCUT2D eigenvalue weighted by Crippen LogP contribution is -2.31. The van der Waals surface area contributed by atoms with Crippen LogP contribution in [0.2, 0.25) is 0 Å². The molecule has 2 heterocycles. The summed E-state index contributed by atoms with van der Waals surface area (Å²) in [4.78, 5) is 8.92. The fourth-order valence-electron chi connectivity index (χ4n) is 5.64. The van der Waals surface area contributed by atoms with Crippen molar-refractivity contribution in [2.45, 2.75) is 64.6 Å². The molecule has 13 heteroatoms. The average molecular weight is 592 g/mol. The molecule has 1 saturated carbocycles. The lowest BCUT2D eigenvalue weighted by atomic mass is 10.0. The summed E-state index contributed by atoms with van der Waals surface area (Å²) in [7, 11) is 0. The summed E-state index contributed by atoms with van der Waals surface area (Å²) in [6.07, 6.45) is -5.22. The molecule has 1 aliphatic carbocycles. The molecule has 4 aromatic rings. The lowest BCUT2D eigenvalue weighted by Gasteiger charge is -2.30. The minimum absolute atomic E-state index is 0.0368. The first-order chi connectivity index (χ1) is 20.0. The van der Waals surface area contributed by atoms with E-state index < -0.39 is 23.5 Å². The maximum absolute atomic E-state index is 13.6. The number of hydrogen-bond donors (Lipinski definition) is 1. The molecular formula is C29H31F6N7. The van der Waals surface area contributed by atoms with Gasteiger partial charge in [0.25, 0.3) is 0 Å². The number of hydrogen-bond acceptors (Lipinski definition) is 6. The molecule has 2 aromatic heterocycles. The normalized spacial score (nSPS) is 14.8. The molecule has 5 rings (SSSR count). The molecule has 1 fully saturated rings. The van der Waals surface area contributed by atoms with Gasteiger partial charge in [-0.2, -0.15) is 31.6 Å². The van der Waals surface area contributed by atoms with Gasteiger partial charge < -0.3 is 4.90 Å². The van der Waals surface area contributed by atoms with Crippen molar-refractivity contribution in [2.75, 3.05) is 18.0 Å². The number of halogens is 6. The fourth-order valence-corrected chi connectivity index (χ4v) is 5.64. The predicted octanol–water partition coefficient (Wildman–Crippen LogP) is 7.00. The number of fused-ring (bicyclic) bond motifs is 1. The summed E-state index contributed by atoms with van der Waals surface area (Å²) in [5.74, 6) is 1.54. The molecule has 0 spiro atoms. The summed E-state index contributed by atoms with van der Waals surface area (Å²) in [6.45, 7) is 3.57. The van der Waals surface area contributed by atoms with Crippen molar-refractivity contribution in [2.24, 2.45) is 5.92 Å². The van der Waals surface area contributed by atoms with E-state index in [4.69, 9.17) is 4.98 Å². The summed E-state index contributed by atoms with van der Waals surface area (Å²) >= 11 is 0. The van der Waals surface area contributed by atoms with Gasteiger partial charge in [-0.1, -0.05) is 36.3 Å². The van der Waals surface area contributed by atoms with Crippen LogP contribution >= 0.6 is 0 Å². The summed E-state index contributed by atoms with van der Waals surface area (Å²) in [6, 6.07) is 11.3. The summed E-state index contributed by atoms with van der Waals surface area (Å²) in [5.41, 5.74) is -1.23. The van der Waals surface area contributed by atoms with Crippen LogP contribution in [0.4, 0.5) is 32.2 Å². The van der Waals surface area contributed by atoms with E-state index in [1.807, 2.05) is 37.3 Å². The van der Waals surface area contributed by atoms with E-state index in [1.54, 1.807) is 4.90 Å². The predicted molar refractivity (Wildman–Crippen MR) is 145 cm³/mol. The fraction of sp³-hybridized carbons (Fsp3) is 0.448. The molecular weight excluding hydrogens is 560 g/mol. The first-order valence-electron chi connectivity index (χ1n) is 13.9. The Bertz CT molecular complexity index is 1450. The van der Waals surface area contributed by atoms with Crippen molar-refractivity contribution in [3.63, 3.8) is 0 Å². The number of aromatic nitrogens is 5. The average Bonchev–Trinajstić information content (AvgIpc) is 3.65. The Morgan fingerprint density at radius 2 is 1.57 bits per heavy atom. The molecule has 0 amide bonds. The van der Waals surface area contributed by atoms with E-state index in [-0.39, 0.29) is 37.1 Å². The van der Waals surface area contributed by atoms with Crippen molar-refractivity contribution >= 4 is 16.7 Å². The number of anilines is 1. The monoisotopic (exact) mass is 591 g/mol. The molecule has 0 unspecified atom stereocenters. The highest BCUT2D eigenvalue weighted by Crippen LogP contribution is 2.37. The van der Waals surface area contributed by atoms with Crippen LogP contribution in [0, 0.1) is 5.92 Å². The van der Waals surface area contributed by atoms with E-state index in [0.29, 0.717) is 12.5 Å². The third-order valence-electron chi connectivity index (χ3n) is 7.62. The second-order valence-electron chi connectivity index (χ2n) is 10.7. The highest BCUT2D eigenvalue weighted by atomic mass is 19.4. The Morgan fingerprint density at radius 1 is 0.881 bits per heavy atom. The van der Waals surface area contributed by atoms with Gasteiger partial charge in [-0.15, -0.1) is 10.2 Å². The number of pyridine rings is 1. The number of nitrogens with zero attached hydrogens (tertiary/aromatic N) is 6. The number of alkyl halides is 6. The lowest BCUT2D eigenvalue weighted by molar-refractivity contribution is -0.143. The van der Waals surface area contributed by atoms with Gasteiger partial charge in [0.15, 0.2) is 5.82 Å². The zero-order chi connectivity index (χ0) is 29.9. The molecule has 0 saturated heterocycles. The van der Waals surface area contributed by atoms with E-state index >= 15 is 0 Å². The van der Waals surface area contributed by atoms with E-state index in [1.165, 1.54) is 12.8 Å². The molecule has 2 aromatic carbocycles. The van der Waals surface area contributed by atoms with E-state index in [0.717, 1.165) is 53.8 Å². The maximum Gasteiger partial charge on any atom is 0.416 e. The van der Waals surface area contributed by atoms with Crippen LogP contribution in [-0.2, 0) is 32.0 Å². The van der Waals surface area contributed by atoms with Gasteiger partial charge in [-0.3, -0.25) is 4.90 Å². The molecule has 224 valence electrons. The van der Waals surface area contributed by atoms with Crippen LogP contribution in [0.15, 0.2) is 48.5 Å². The number of rotatable bonds is 10. The van der Waals surface area contributed by atoms with Gasteiger partial charge in [0.05, 0.1) is 23.2 Å². The van der Waals surface area contributed by atoms with Crippen molar-refractivity contribution < 1.29 is 26.3 Å². The topological polar surface area (TPSA) is 73.8 Å².